The summed E-state index contributed by atoms with van der Waals surface area (Å²) in [6.07, 6.45) is 5.11. The maximum atomic E-state index is 3.59. The second-order valence-electron chi connectivity index (χ2n) is 5.81. The molecule has 0 radical (unpaired) electrons. The van der Waals surface area contributed by atoms with Gasteiger partial charge in [0.1, 0.15) is 0 Å². The summed E-state index contributed by atoms with van der Waals surface area (Å²) in [5.41, 5.74) is 1.48. The van der Waals surface area contributed by atoms with Crippen LogP contribution in [0.1, 0.15) is 38.7 Å². The molecule has 0 aliphatic carbocycles. The molecule has 0 spiro atoms. The summed E-state index contributed by atoms with van der Waals surface area (Å²) < 4.78 is 0. The minimum atomic E-state index is 0.650. The minimum absolute atomic E-state index is 0.650. The predicted octanol–water partition coefficient (Wildman–Crippen LogP) is 3.08. The van der Waals surface area contributed by atoms with Gasteiger partial charge in [0.15, 0.2) is 0 Å². The number of nitrogens with zero attached hydrogens (tertiary/aromatic N) is 1. The van der Waals surface area contributed by atoms with E-state index in [4.69, 9.17) is 0 Å². The predicted molar refractivity (Wildman–Crippen MR) is 82.5 cm³/mol. The fourth-order valence-electron chi connectivity index (χ4n) is 3.00. The standard InChI is InChI=1S/C17H28N2/c1-3-17-13-18-15(2)14-19(17)12-8-7-11-16-9-5-4-6-10-16/h4-6,9-10,15,17-18H,3,7-8,11-14H2,1-2H3. The van der Waals surface area contributed by atoms with Gasteiger partial charge in [0.05, 0.1) is 0 Å². The quantitative estimate of drug-likeness (QED) is 0.791. The van der Waals surface area contributed by atoms with Gasteiger partial charge in [-0.25, -0.2) is 0 Å². The van der Waals surface area contributed by atoms with Crippen molar-refractivity contribution in [1.29, 1.82) is 0 Å². The SMILES string of the molecule is CCC1CNC(C)CN1CCCCc1ccccc1. The van der Waals surface area contributed by atoms with E-state index in [1.54, 1.807) is 0 Å². The van der Waals surface area contributed by atoms with Crippen molar-refractivity contribution in [3.05, 3.63) is 35.9 Å². The number of rotatable bonds is 6. The van der Waals surface area contributed by atoms with E-state index in [2.05, 4.69) is 54.4 Å². The van der Waals surface area contributed by atoms with Gasteiger partial charge in [-0.05, 0) is 44.7 Å². The molecule has 1 aliphatic rings. The Labute approximate surface area is 118 Å². The molecule has 1 N–H and O–H groups in total. The van der Waals surface area contributed by atoms with Gasteiger partial charge in [-0.15, -0.1) is 0 Å². The van der Waals surface area contributed by atoms with E-state index < -0.39 is 0 Å². The molecule has 0 aromatic heterocycles. The van der Waals surface area contributed by atoms with Crippen LogP contribution in [-0.4, -0.2) is 36.6 Å². The van der Waals surface area contributed by atoms with Crippen LogP contribution in [0.2, 0.25) is 0 Å². The van der Waals surface area contributed by atoms with Crippen molar-refractivity contribution in [1.82, 2.24) is 10.2 Å². The highest BCUT2D eigenvalue weighted by Gasteiger charge is 2.23. The van der Waals surface area contributed by atoms with Gasteiger partial charge in [-0.2, -0.15) is 0 Å². The topological polar surface area (TPSA) is 15.3 Å². The van der Waals surface area contributed by atoms with E-state index in [1.165, 1.54) is 44.3 Å². The smallest absolute Gasteiger partial charge is 0.0218 e. The number of hydrogen-bond acceptors (Lipinski definition) is 2. The Morgan fingerprint density at radius 1 is 1.21 bits per heavy atom. The third kappa shape index (κ3) is 4.63. The van der Waals surface area contributed by atoms with E-state index in [0.717, 1.165) is 12.6 Å². The van der Waals surface area contributed by atoms with Gasteiger partial charge in [0.2, 0.25) is 0 Å². The van der Waals surface area contributed by atoms with Crippen LogP contribution in [-0.2, 0) is 6.42 Å². The summed E-state index contributed by atoms with van der Waals surface area (Å²) in [5, 5.41) is 3.59. The molecule has 0 bridgehead atoms. The first-order valence-corrected chi connectivity index (χ1v) is 7.81. The second-order valence-corrected chi connectivity index (χ2v) is 5.81. The number of aryl methyl sites for hydroxylation is 1. The lowest BCUT2D eigenvalue weighted by Crippen LogP contribution is -2.55. The highest BCUT2D eigenvalue weighted by atomic mass is 15.2. The van der Waals surface area contributed by atoms with Crippen molar-refractivity contribution >= 4 is 0 Å². The molecule has 0 amide bonds. The molecule has 106 valence electrons. The number of unbranched alkanes of at least 4 members (excludes halogenated alkanes) is 1. The van der Waals surface area contributed by atoms with Gasteiger partial charge < -0.3 is 5.32 Å². The lowest BCUT2D eigenvalue weighted by atomic mass is 10.1. The van der Waals surface area contributed by atoms with Crippen LogP contribution in [0.3, 0.4) is 0 Å². The van der Waals surface area contributed by atoms with Crippen molar-refractivity contribution < 1.29 is 0 Å². The average molecular weight is 260 g/mol. The summed E-state index contributed by atoms with van der Waals surface area (Å²) >= 11 is 0. The highest BCUT2D eigenvalue weighted by Crippen LogP contribution is 2.12. The van der Waals surface area contributed by atoms with Crippen molar-refractivity contribution in [2.24, 2.45) is 0 Å². The van der Waals surface area contributed by atoms with Gasteiger partial charge in [0, 0.05) is 25.2 Å². The normalized spacial score (nSPS) is 24.5. The number of hydrogen-bond donors (Lipinski definition) is 1. The van der Waals surface area contributed by atoms with Crippen molar-refractivity contribution in [2.45, 2.75) is 51.6 Å². The number of benzene rings is 1. The third-order valence-electron chi connectivity index (χ3n) is 4.20. The lowest BCUT2D eigenvalue weighted by molar-refractivity contribution is 0.129. The first kappa shape index (κ1) is 14.5. The van der Waals surface area contributed by atoms with Gasteiger partial charge >= 0.3 is 0 Å². The van der Waals surface area contributed by atoms with E-state index in [1.807, 2.05) is 0 Å². The van der Waals surface area contributed by atoms with Crippen LogP contribution in [0.4, 0.5) is 0 Å². The van der Waals surface area contributed by atoms with Crippen LogP contribution in [0.15, 0.2) is 30.3 Å². The van der Waals surface area contributed by atoms with Crippen LogP contribution < -0.4 is 5.32 Å². The Kier molecular flexibility index (Phi) is 5.87. The van der Waals surface area contributed by atoms with E-state index in [0.29, 0.717) is 6.04 Å². The highest BCUT2D eigenvalue weighted by molar-refractivity contribution is 5.14. The zero-order valence-electron chi connectivity index (χ0n) is 12.4. The molecule has 2 nitrogen and oxygen atoms in total. The first-order chi connectivity index (χ1) is 9.29. The minimum Gasteiger partial charge on any atom is -0.311 e. The molecule has 1 heterocycles. The fraction of sp³-hybridized carbons (Fsp3) is 0.647. The van der Waals surface area contributed by atoms with Crippen molar-refractivity contribution in [3.63, 3.8) is 0 Å². The third-order valence-corrected chi connectivity index (χ3v) is 4.20. The molecule has 0 saturated carbocycles. The maximum Gasteiger partial charge on any atom is 0.0218 e. The Morgan fingerprint density at radius 3 is 2.74 bits per heavy atom. The molecular formula is C17H28N2. The molecule has 2 rings (SSSR count). The first-order valence-electron chi connectivity index (χ1n) is 7.81. The van der Waals surface area contributed by atoms with Gasteiger partial charge in [-0.1, -0.05) is 37.3 Å². The molecule has 2 heteroatoms. The largest absolute Gasteiger partial charge is 0.311 e. The van der Waals surface area contributed by atoms with E-state index >= 15 is 0 Å². The Balaban J connectivity index is 1.69. The van der Waals surface area contributed by atoms with Crippen molar-refractivity contribution in [2.75, 3.05) is 19.6 Å². The Bertz CT molecular complexity index is 350. The zero-order chi connectivity index (χ0) is 13.5. The second kappa shape index (κ2) is 7.66. The lowest BCUT2D eigenvalue weighted by Gasteiger charge is -2.39. The summed E-state index contributed by atoms with van der Waals surface area (Å²) in [6, 6.07) is 12.2. The van der Waals surface area contributed by atoms with Crippen LogP contribution in [0.25, 0.3) is 0 Å². The van der Waals surface area contributed by atoms with Gasteiger partial charge in [-0.3, -0.25) is 4.90 Å². The van der Waals surface area contributed by atoms with Gasteiger partial charge in [0.25, 0.3) is 0 Å². The molecule has 2 atom stereocenters. The maximum absolute atomic E-state index is 3.59. The Morgan fingerprint density at radius 2 is 2.00 bits per heavy atom. The molecule has 1 aromatic rings. The number of piperazine rings is 1. The average Bonchev–Trinajstić information content (AvgIpc) is 2.45. The molecule has 2 unspecified atom stereocenters. The molecular weight excluding hydrogens is 232 g/mol. The molecule has 1 fully saturated rings. The van der Waals surface area contributed by atoms with Crippen LogP contribution >= 0.6 is 0 Å². The molecule has 19 heavy (non-hydrogen) atoms. The van der Waals surface area contributed by atoms with Crippen LogP contribution in [0.5, 0.6) is 0 Å². The Hall–Kier alpha value is -0.860. The fourth-order valence-corrected chi connectivity index (χ4v) is 3.00. The molecule has 1 aromatic carbocycles. The zero-order valence-corrected chi connectivity index (χ0v) is 12.4. The van der Waals surface area contributed by atoms with E-state index in [-0.39, 0.29) is 0 Å². The molecule has 1 aliphatic heterocycles. The monoisotopic (exact) mass is 260 g/mol. The summed E-state index contributed by atoms with van der Waals surface area (Å²) in [4.78, 5) is 2.69. The summed E-state index contributed by atoms with van der Waals surface area (Å²) in [7, 11) is 0. The number of nitrogens with one attached hydrogen (secondary N) is 1. The summed E-state index contributed by atoms with van der Waals surface area (Å²) in [6.45, 7) is 8.24. The van der Waals surface area contributed by atoms with E-state index in [9.17, 15) is 0 Å². The van der Waals surface area contributed by atoms with Crippen LogP contribution in [0, 0.1) is 0 Å². The summed E-state index contributed by atoms with van der Waals surface area (Å²) in [5.74, 6) is 0. The van der Waals surface area contributed by atoms with Crippen molar-refractivity contribution in [3.8, 4) is 0 Å². The molecule has 1 saturated heterocycles.